The van der Waals surface area contributed by atoms with Crippen LogP contribution in [-0.2, 0) is 37.4 Å². The van der Waals surface area contributed by atoms with E-state index >= 15 is 0 Å². The number of nitrogens with zero attached hydrogens (tertiary/aromatic N) is 2. The van der Waals surface area contributed by atoms with Gasteiger partial charge in [-0.05, 0) is 80.6 Å². The average Bonchev–Trinajstić information content (AvgIpc) is 3.06. The predicted octanol–water partition coefficient (Wildman–Crippen LogP) is 7.28. The highest BCUT2D eigenvalue weighted by molar-refractivity contribution is 7.89. The van der Waals surface area contributed by atoms with Gasteiger partial charge >= 0.3 is 22.5 Å². The monoisotopic (exact) mass is 762 g/mol. The van der Waals surface area contributed by atoms with E-state index in [2.05, 4.69) is 28.1 Å². The van der Waals surface area contributed by atoms with E-state index in [0.29, 0.717) is 19.4 Å². The Kier molecular flexibility index (Phi) is 16.4. The predicted molar refractivity (Wildman–Crippen MR) is 169 cm³/mol. The zero-order valence-corrected chi connectivity index (χ0v) is 28.5. The lowest BCUT2D eigenvalue weighted by Crippen LogP contribution is -2.35. The second-order valence-corrected chi connectivity index (χ2v) is 12.6. The molecule has 3 rings (SSSR count). The molecule has 50 heavy (non-hydrogen) atoms. The number of benzene rings is 2. The van der Waals surface area contributed by atoms with Crippen LogP contribution >= 0.6 is 12.3 Å². The first kappa shape index (κ1) is 41.1. The number of alkyl halides is 6. The first-order valence-electron chi connectivity index (χ1n) is 15.3. The SMILES string of the molecule is CCCOOSO/N=C(/c1ccc(OCC(COc2ccc(/C(=N/OS(=O)(=O)CCC)C(F)(F)F)cc2)OC2CCCCO2)cc1)C(F)(F)F. The average molecular weight is 763 g/mol. The molecule has 0 N–H and O–H groups in total. The van der Waals surface area contributed by atoms with Crippen LogP contribution < -0.4 is 9.47 Å². The molecule has 2 aromatic carbocycles. The maximum absolute atomic E-state index is 13.6. The Morgan fingerprint density at radius 3 is 1.90 bits per heavy atom. The fourth-order valence-electron chi connectivity index (χ4n) is 4.08. The second-order valence-electron chi connectivity index (χ2n) is 10.5. The molecule has 1 fully saturated rings. The van der Waals surface area contributed by atoms with Crippen LogP contribution in [0.15, 0.2) is 58.8 Å². The highest BCUT2D eigenvalue weighted by atomic mass is 32.2. The van der Waals surface area contributed by atoms with Crippen molar-refractivity contribution in [2.24, 2.45) is 10.3 Å². The minimum atomic E-state index is -5.02. The van der Waals surface area contributed by atoms with Crippen molar-refractivity contribution in [3.63, 3.8) is 0 Å². The van der Waals surface area contributed by atoms with Gasteiger partial charge in [0.1, 0.15) is 30.8 Å². The van der Waals surface area contributed by atoms with E-state index in [-0.39, 0.29) is 55.6 Å². The van der Waals surface area contributed by atoms with E-state index in [1.807, 2.05) is 0 Å². The number of oxime groups is 2. The van der Waals surface area contributed by atoms with Crippen molar-refractivity contribution >= 4 is 33.9 Å². The van der Waals surface area contributed by atoms with Crippen molar-refractivity contribution in [1.29, 1.82) is 0 Å². The van der Waals surface area contributed by atoms with Crippen LogP contribution in [0, 0.1) is 0 Å². The highest BCUT2D eigenvalue weighted by Gasteiger charge is 2.39. The molecule has 0 radical (unpaired) electrons. The quantitative estimate of drug-likeness (QED) is 0.0337. The zero-order chi connectivity index (χ0) is 36.6. The molecule has 280 valence electrons. The van der Waals surface area contributed by atoms with Gasteiger partial charge in [0.25, 0.3) is 12.3 Å². The molecule has 20 heteroatoms. The smallest absolute Gasteiger partial charge is 0.437 e. The van der Waals surface area contributed by atoms with Gasteiger partial charge in [-0.3, -0.25) is 8.57 Å². The van der Waals surface area contributed by atoms with Crippen molar-refractivity contribution in [3.05, 3.63) is 59.7 Å². The van der Waals surface area contributed by atoms with Gasteiger partial charge in [-0.15, -0.1) is 4.33 Å². The van der Waals surface area contributed by atoms with E-state index in [0.717, 1.165) is 37.1 Å². The molecule has 1 aliphatic rings. The topological polar surface area (TPSA) is 133 Å². The second kappa shape index (κ2) is 19.9. The molecule has 1 aliphatic heterocycles. The molecule has 0 amide bonds. The van der Waals surface area contributed by atoms with Crippen LogP contribution in [0.2, 0.25) is 0 Å². The van der Waals surface area contributed by atoms with Crippen molar-refractivity contribution < 1.29 is 71.5 Å². The molecule has 0 spiro atoms. The molecule has 2 unspecified atom stereocenters. The lowest BCUT2D eigenvalue weighted by atomic mass is 10.1. The summed E-state index contributed by atoms with van der Waals surface area (Å²) in [5.41, 5.74) is -3.66. The molecule has 0 saturated carbocycles. The Morgan fingerprint density at radius 1 is 0.860 bits per heavy atom. The van der Waals surface area contributed by atoms with E-state index in [9.17, 15) is 34.8 Å². The van der Waals surface area contributed by atoms with Gasteiger partial charge in [-0.2, -0.15) is 34.8 Å². The van der Waals surface area contributed by atoms with Crippen LogP contribution in [0.4, 0.5) is 26.3 Å². The van der Waals surface area contributed by atoms with Gasteiger partial charge in [0.15, 0.2) is 17.7 Å². The third-order valence-electron chi connectivity index (χ3n) is 6.37. The largest absolute Gasteiger partial charge is 0.491 e. The van der Waals surface area contributed by atoms with Crippen molar-refractivity contribution in [3.8, 4) is 11.5 Å². The summed E-state index contributed by atoms with van der Waals surface area (Å²) < 4.78 is 141. The van der Waals surface area contributed by atoms with E-state index < -0.39 is 57.6 Å². The normalized spacial score (nSPS) is 16.9. The van der Waals surface area contributed by atoms with Crippen LogP contribution in [0.25, 0.3) is 0 Å². The van der Waals surface area contributed by atoms with Crippen molar-refractivity contribution in [2.75, 3.05) is 32.2 Å². The standard InChI is InChI=1S/C30H36F6N2O10S2/c1-3-16-44-48-49-46-37-27(29(31,32)33)21-8-12-23(13-9-21)42-19-25(45-26-7-5-6-17-41-26)20-43-24-14-10-22(11-15-24)28(30(34,35)36)38-47-50(39,40)18-4-2/h8-15,25-26H,3-7,16-20H2,1-2H3/b37-27-,38-28-. The minimum Gasteiger partial charge on any atom is -0.491 e. The fourth-order valence-corrected chi connectivity index (χ4v) is 5.08. The Morgan fingerprint density at radius 2 is 1.42 bits per heavy atom. The van der Waals surface area contributed by atoms with Gasteiger partial charge < -0.3 is 18.9 Å². The van der Waals surface area contributed by atoms with Crippen LogP contribution in [0.3, 0.4) is 0 Å². The third-order valence-corrected chi connectivity index (χ3v) is 7.86. The molecule has 12 nitrogen and oxygen atoms in total. The third kappa shape index (κ3) is 14.5. The molecule has 2 aromatic rings. The molecular formula is C30H36F6N2O10S2. The molecule has 0 aromatic heterocycles. The van der Waals surface area contributed by atoms with Gasteiger partial charge in [0.2, 0.25) is 0 Å². The molecule has 0 bridgehead atoms. The van der Waals surface area contributed by atoms with E-state index in [1.165, 1.54) is 31.2 Å². The fraction of sp³-hybridized carbons (Fsp3) is 0.533. The highest BCUT2D eigenvalue weighted by Crippen LogP contribution is 2.27. The summed E-state index contributed by atoms with van der Waals surface area (Å²) in [4.78, 5) is 4.64. The van der Waals surface area contributed by atoms with Gasteiger partial charge in [-0.1, -0.05) is 24.2 Å². The molecule has 1 saturated heterocycles. The van der Waals surface area contributed by atoms with Crippen molar-refractivity contribution in [1.82, 2.24) is 0 Å². The number of hydrogen-bond donors (Lipinski definition) is 0. The maximum atomic E-state index is 13.6. The van der Waals surface area contributed by atoms with Gasteiger partial charge in [0.05, 0.1) is 12.4 Å². The number of rotatable bonds is 20. The lowest BCUT2D eigenvalue weighted by Gasteiger charge is -2.28. The van der Waals surface area contributed by atoms with Crippen molar-refractivity contribution in [2.45, 2.75) is 70.7 Å². The summed E-state index contributed by atoms with van der Waals surface area (Å²) >= 11 is 0.125. The lowest BCUT2D eigenvalue weighted by molar-refractivity contribution is -0.198. The summed E-state index contributed by atoms with van der Waals surface area (Å²) in [5.74, 6) is -0.182. The number of ether oxygens (including phenoxy) is 4. The Balaban J connectivity index is 1.67. The molecule has 0 aliphatic carbocycles. The summed E-state index contributed by atoms with van der Waals surface area (Å²) in [6, 6.07) is 9.34. The number of halogens is 6. The van der Waals surface area contributed by atoms with Crippen LogP contribution in [0.1, 0.15) is 57.1 Å². The van der Waals surface area contributed by atoms with Crippen LogP contribution in [-0.4, -0.2) is 76.8 Å². The Hall–Kier alpha value is -3.30. The van der Waals surface area contributed by atoms with Gasteiger partial charge in [0, 0.05) is 17.7 Å². The first-order valence-corrected chi connectivity index (χ1v) is 17.5. The summed E-state index contributed by atoms with van der Waals surface area (Å²) in [6.07, 6.45) is -8.22. The minimum absolute atomic E-state index is 0.125. The zero-order valence-electron chi connectivity index (χ0n) is 26.9. The van der Waals surface area contributed by atoms with E-state index in [1.54, 1.807) is 6.92 Å². The molecule has 2 atom stereocenters. The Labute approximate surface area is 289 Å². The summed E-state index contributed by atoms with van der Waals surface area (Å²) in [5, 5.41) is 5.97. The summed E-state index contributed by atoms with van der Waals surface area (Å²) in [6.45, 7) is 3.71. The number of hydrogen-bond acceptors (Lipinski definition) is 13. The molecular weight excluding hydrogens is 726 g/mol. The van der Waals surface area contributed by atoms with E-state index in [4.69, 9.17) is 18.9 Å². The van der Waals surface area contributed by atoms with Gasteiger partial charge in [-0.25, -0.2) is 4.89 Å². The Bertz CT molecular complexity index is 1470. The molecule has 1 heterocycles. The summed E-state index contributed by atoms with van der Waals surface area (Å²) in [7, 11) is -4.29. The maximum Gasteiger partial charge on any atom is 0.437 e. The first-order chi connectivity index (χ1) is 23.7. The van der Waals surface area contributed by atoms with Crippen LogP contribution in [0.5, 0.6) is 11.5 Å².